The highest BCUT2D eigenvalue weighted by atomic mass is 15.0. The van der Waals surface area contributed by atoms with E-state index in [0.717, 1.165) is 17.0 Å². The second kappa shape index (κ2) is 6.29. The zero-order valence-electron chi connectivity index (χ0n) is 14.9. The van der Waals surface area contributed by atoms with Crippen molar-refractivity contribution in [2.45, 2.75) is 6.92 Å². The number of nitrogens with zero attached hydrogens (tertiary/aromatic N) is 3. The highest BCUT2D eigenvalue weighted by molar-refractivity contribution is 5.87. The Labute approximate surface area is 157 Å². The van der Waals surface area contributed by atoms with E-state index in [-0.39, 0.29) is 0 Å². The van der Waals surface area contributed by atoms with Crippen LogP contribution in [0.25, 0.3) is 44.3 Å². The normalized spacial score (nSPS) is 11.1. The van der Waals surface area contributed by atoms with Gasteiger partial charge in [-0.25, -0.2) is 15.0 Å². The molecule has 0 amide bonds. The zero-order valence-corrected chi connectivity index (χ0v) is 14.9. The SMILES string of the molecule is Cc1nc(-c2ccc3ccccc3c2)nc(-c2ccc3ccccc3c2)n1. The third-order valence-electron chi connectivity index (χ3n) is 4.76. The van der Waals surface area contributed by atoms with Crippen LogP contribution in [-0.4, -0.2) is 15.0 Å². The van der Waals surface area contributed by atoms with E-state index in [1.807, 2.05) is 31.2 Å². The molecule has 0 radical (unpaired) electrons. The van der Waals surface area contributed by atoms with Crippen LogP contribution in [0.4, 0.5) is 0 Å². The lowest BCUT2D eigenvalue weighted by Gasteiger charge is -2.08. The Morgan fingerprint density at radius 2 is 0.926 bits per heavy atom. The fourth-order valence-corrected chi connectivity index (χ4v) is 3.40. The van der Waals surface area contributed by atoms with E-state index < -0.39 is 0 Å². The molecule has 5 rings (SSSR count). The van der Waals surface area contributed by atoms with Crippen molar-refractivity contribution in [3.63, 3.8) is 0 Å². The first-order chi connectivity index (χ1) is 13.3. The molecular weight excluding hydrogens is 330 g/mol. The molecule has 0 saturated heterocycles. The lowest BCUT2D eigenvalue weighted by molar-refractivity contribution is 0.992. The Balaban J connectivity index is 1.64. The van der Waals surface area contributed by atoms with E-state index >= 15 is 0 Å². The molecule has 0 aliphatic heterocycles. The highest BCUT2D eigenvalue weighted by Crippen LogP contribution is 2.26. The summed E-state index contributed by atoms with van der Waals surface area (Å²) < 4.78 is 0. The van der Waals surface area contributed by atoms with Crippen LogP contribution in [0.5, 0.6) is 0 Å². The van der Waals surface area contributed by atoms with Gasteiger partial charge in [0.1, 0.15) is 5.82 Å². The maximum Gasteiger partial charge on any atom is 0.163 e. The maximum absolute atomic E-state index is 4.77. The van der Waals surface area contributed by atoms with Crippen molar-refractivity contribution >= 4 is 21.5 Å². The fraction of sp³-hybridized carbons (Fsp3) is 0.0417. The van der Waals surface area contributed by atoms with E-state index in [9.17, 15) is 0 Å². The summed E-state index contributed by atoms with van der Waals surface area (Å²) >= 11 is 0. The smallest absolute Gasteiger partial charge is 0.163 e. The van der Waals surface area contributed by atoms with Crippen molar-refractivity contribution in [1.29, 1.82) is 0 Å². The van der Waals surface area contributed by atoms with E-state index in [0.29, 0.717) is 11.6 Å². The van der Waals surface area contributed by atoms with Crippen LogP contribution in [0, 0.1) is 6.92 Å². The number of hydrogen-bond donors (Lipinski definition) is 0. The van der Waals surface area contributed by atoms with Crippen molar-refractivity contribution in [3.8, 4) is 22.8 Å². The Morgan fingerprint density at radius 3 is 1.41 bits per heavy atom. The summed E-state index contributed by atoms with van der Waals surface area (Å²) in [6, 6.07) is 29.3. The van der Waals surface area contributed by atoms with Gasteiger partial charge in [0.15, 0.2) is 11.6 Å². The first-order valence-electron chi connectivity index (χ1n) is 8.97. The summed E-state index contributed by atoms with van der Waals surface area (Å²) in [5, 5.41) is 4.78. The van der Waals surface area contributed by atoms with Crippen LogP contribution in [0.2, 0.25) is 0 Å². The van der Waals surface area contributed by atoms with Gasteiger partial charge in [0.25, 0.3) is 0 Å². The minimum atomic E-state index is 0.705. The molecule has 0 atom stereocenters. The van der Waals surface area contributed by atoms with E-state index in [1.54, 1.807) is 0 Å². The van der Waals surface area contributed by atoms with E-state index in [1.165, 1.54) is 21.5 Å². The second-order valence-electron chi connectivity index (χ2n) is 6.65. The van der Waals surface area contributed by atoms with Gasteiger partial charge < -0.3 is 0 Å². The van der Waals surface area contributed by atoms with Gasteiger partial charge in [0, 0.05) is 11.1 Å². The van der Waals surface area contributed by atoms with Crippen LogP contribution in [0.3, 0.4) is 0 Å². The van der Waals surface area contributed by atoms with Crippen LogP contribution in [0.1, 0.15) is 5.82 Å². The zero-order chi connectivity index (χ0) is 18.2. The molecule has 0 aliphatic carbocycles. The number of fused-ring (bicyclic) bond motifs is 2. The molecule has 3 heteroatoms. The van der Waals surface area contributed by atoms with Gasteiger partial charge in [-0.2, -0.15) is 0 Å². The standard InChI is InChI=1S/C24H17N3/c1-16-25-23(21-12-10-17-6-2-4-8-19(17)14-21)27-24(26-16)22-13-11-18-7-3-5-9-20(18)15-22/h2-15H,1H3. The molecule has 0 fully saturated rings. The minimum absolute atomic E-state index is 0.705. The van der Waals surface area contributed by atoms with E-state index in [2.05, 4.69) is 70.6 Å². The summed E-state index contributed by atoms with van der Waals surface area (Å²) in [5.74, 6) is 2.13. The number of aromatic nitrogens is 3. The van der Waals surface area contributed by atoms with Gasteiger partial charge in [0.2, 0.25) is 0 Å². The summed E-state index contributed by atoms with van der Waals surface area (Å²) in [4.78, 5) is 13.9. The number of benzene rings is 4. The van der Waals surface area contributed by atoms with Crippen LogP contribution in [-0.2, 0) is 0 Å². The molecule has 1 heterocycles. The molecule has 1 aromatic heterocycles. The van der Waals surface area contributed by atoms with Crippen LogP contribution >= 0.6 is 0 Å². The molecule has 128 valence electrons. The van der Waals surface area contributed by atoms with Crippen molar-refractivity contribution < 1.29 is 0 Å². The molecule has 0 unspecified atom stereocenters. The topological polar surface area (TPSA) is 38.7 Å². The Kier molecular flexibility index (Phi) is 3.65. The van der Waals surface area contributed by atoms with Gasteiger partial charge in [-0.1, -0.05) is 72.8 Å². The van der Waals surface area contributed by atoms with Gasteiger partial charge >= 0.3 is 0 Å². The van der Waals surface area contributed by atoms with Crippen LogP contribution < -0.4 is 0 Å². The molecule has 0 N–H and O–H groups in total. The quantitative estimate of drug-likeness (QED) is 0.404. The summed E-state index contributed by atoms with van der Waals surface area (Å²) in [6.45, 7) is 1.91. The molecular formula is C24H17N3. The molecule has 4 aromatic carbocycles. The van der Waals surface area contributed by atoms with Gasteiger partial charge in [-0.15, -0.1) is 0 Å². The largest absolute Gasteiger partial charge is 0.213 e. The summed E-state index contributed by atoms with van der Waals surface area (Å²) in [6.07, 6.45) is 0. The van der Waals surface area contributed by atoms with Crippen molar-refractivity contribution in [1.82, 2.24) is 15.0 Å². The monoisotopic (exact) mass is 347 g/mol. The molecule has 0 bridgehead atoms. The molecule has 0 aliphatic rings. The van der Waals surface area contributed by atoms with Gasteiger partial charge in [-0.3, -0.25) is 0 Å². The Bertz CT molecular complexity index is 1190. The van der Waals surface area contributed by atoms with Gasteiger partial charge in [-0.05, 0) is 40.6 Å². The fourth-order valence-electron chi connectivity index (χ4n) is 3.40. The number of hydrogen-bond acceptors (Lipinski definition) is 3. The Morgan fingerprint density at radius 1 is 0.481 bits per heavy atom. The lowest BCUT2D eigenvalue weighted by atomic mass is 10.1. The predicted molar refractivity (Wildman–Crippen MR) is 110 cm³/mol. The van der Waals surface area contributed by atoms with Crippen LogP contribution in [0.15, 0.2) is 84.9 Å². The lowest BCUT2D eigenvalue weighted by Crippen LogP contribution is -1.99. The third-order valence-corrected chi connectivity index (χ3v) is 4.76. The maximum atomic E-state index is 4.77. The minimum Gasteiger partial charge on any atom is -0.213 e. The molecule has 3 nitrogen and oxygen atoms in total. The third kappa shape index (κ3) is 2.93. The number of rotatable bonds is 2. The van der Waals surface area contributed by atoms with Crippen molar-refractivity contribution in [3.05, 3.63) is 90.8 Å². The first kappa shape index (κ1) is 15.6. The second-order valence-corrected chi connectivity index (χ2v) is 6.65. The first-order valence-corrected chi connectivity index (χ1v) is 8.97. The molecule has 0 spiro atoms. The summed E-state index contributed by atoms with van der Waals surface area (Å²) in [7, 11) is 0. The van der Waals surface area contributed by atoms with Gasteiger partial charge in [0.05, 0.1) is 0 Å². The predicted octanol–water partition coefficient (Wildman–Crippen LogP) is 5.82. The van der Waals surface area contributed by atoms with Crippen molar-refractivity contribution in [2.75, 3.05) is 0 Å². The van der Waals surface area contributed by atoms with Crippen molar-refractivity contribution in [2.24, 2.45) is 0 Å². The highest BCUT2D eigenvalue weighted by Gasteiger charge is 2.09. The van der Waals surface area contributed by atoms with E-state index in [4.69, 9.17) is 4.98 Å². The molecule has 27 heavy (non-hydrogen) atoms. The number of aryl methyl sites for hydroxylation is 1. The summed E-state index contributed by atoms with van der Waals surface area (Å²) in [5.41, 5.74) is 2.00. The molecule has 0 saturated carbocycles. The average Bonchev–Trinajstić information content (AvgIpc) is 2.72. The molecule has 5 aromatic rings. The average molecular weight is 347 g/mol. The Hall–Kier alpha value is -3.59.